The Bertz CT molecular complexity index is 375. The average molecular weight is 223 g/mol. The Morgan fingerprint density at radius 3 is 2.73 bits per heavy atom. The molecule has 0 aliphatic rings. The molecule has 0 fully saturated rings. The SMILES string of the molecule is Cc1ccc(C(=O)N(C)CC(N)=S)cn1. The Morgan fingerprint density at radius 1 is 1.60 bits per heavy atom. The molecule has 5 heteroatoms. The molecule has 1 aromatic heterocycles. The van der Waals surface area contributed by atoms with E-state index in [2.05, 4.69) is 4.98 Å². The van der Waals surface area contributed by atoms with Gasteiger partial charge >= 0.3 is 0 Å². The van der Waals surface area contributed by atoms with Crippen molar-refractivity contribution in [3.05, 3.63) is 29.6 Å². The standard InChI is InChI=1S/C10H13N3OS/c1-7-3-4-8(5-12-7)10(14)13(2)6-9(11)15/h3-5H,6H2,1-2H3,(H2,11,15). The predicted molar refractivity (Wildman–Crippen MR) is 62.7 cm³/mol. The van der Waals surface area contributed by atoms with Gasteiger partial charge in [0, 0.05) is 18.9 Å². The second-order valence-corrected chi connectivity index (χ2v) is 3.84. The van der Waals surface area contributed by atoms with Crippen LogP contribution in [0.2, 0.25) is 0 Å². The molecule has 0 radical (unpaired) electrons. The highest BCUT2D eigenvalue weighted by atomic mass is 32.1. The lowest BCUT2D eigenvalue weighted by Crippen LogP contribution is -2.34. The Labute approximate surface area is 94.1 Å². The first kappa shape index (κ1) is 11.6. The van der Waals surface area contributed by atoms with Crippen LogP contribution in [0.4, 0.5) is 0 Å². The molecule has 1 amide bonds. The van der Waals surface area contributed by atoms with Crippen LogP contribution < -0.4 is 5.73 Å². The molecule has 80 valence electrons. The summed E-state index contributed by atoms with van der Waals surface area (Å²) in [6.45, 7) is 2.15. The van der Waals surface area contributed by atoms with Crippen LogP contribution in [0.3, 0.4) is 0 Å². The second-order valence-electron chi connectivity index (χ2n) is 3.32. The number of pyridine rings is 1. The summed E-state index contributed by atoms with van der Waals surface area (Å²) in [6.07, 6.45) is 1.55. The van der Waals surface area contributed by atoms with E-state index in [1.165, 1.54) is 4.90 Å². The van der Waals surface area contributed by atoms with Gasteiger partial charge in [-0.3, -0.25) is 9.78 Å². The molecule has 0 aromatic carbocycles. The van der Waals surface area contributed by atoms with Crippen molar-refractivity contribution in [3.8, 4) is 0 Å². The Hall–Kier alpha value is -1.49. The van der Waals surface area contributed by atoms with Gasteiger partial charge in [-0.1, -0.05) is 12.2 Å². The van der Waals surface area contributed by atoms with E-state index >= 15 is 0 Å². The maximum atomic E-state index is 11.8. The van der Waals surface area contributed by atoms with Gasteiger partial charge in [0.15, 0.2) is 0 Å². The summed E-state index contributed by atoms with van der Waals surface area (Å²) in [5.74, 6) is -0.129. The zero-order valence-electron chi connectivity index (χ0n) is 8.73. The largest absolute Gasteiger partial charge is 0.392 e. The van der Waals surface area contributed by atoms with Gasteiger partial charge in [0.1, 0.15) is 0 Å². The average Bonchev–Trinajstić information content (AvgIpc) is 2.17. The normalized spacial score (nSPS) is 9.73. The number of carbonyl (C=O) groups excluding carboxylic acids is 1. The van der Waals surface area contributed by atoms with Crippen LogP contribution in [0.1, 0.15) is 16.1 Å². The molecule has 1 rings (SSSR count). The number of thiocarbonyl (C=S) groups is 1. The Balaban J connectivity index is 2.76. The third-order valence-corrected chi connectivity index (χ3v) is 2.03. The topological polar surface area (TPSA) is 59.2 Å². The fourth-order valence-corrected chi connectivity index (χ4v) is 1.31. The first-order valence-electron chi connectivity index (χ1n) is 4.47. The summed E-state index contributed by atoms with van der Waals surface area (Å²) in [4.78, 5) is 17.6. The van der Waals surface area contributed by atoms with Gasteiger partial charge in [0.05, 0.1) is 17.1 Å². The molecular weight excluding hydrogens is 210 g/mol. The van der Waals surface area contributed by atoms with Gasteiger partial charge in [0.25, 0.3) is 5.91 Å². The number of aryl methyl sites for hydroxylation is 1. The third-order valence-electron chi connectivity index (χ3n) is 1.90. The maximum absolute atomic E-state index is 11.8. The summed E-state index contributed by atoms with van der Waals surface area (Å²) in [5.41, 5.74) is 6.77. The number of rotatable bonds is 3. The zero-order chi connectivity index (χ0) is 11.4. The van der Waals surface area contributed by atoms with Crippen LogP contribution in [0.25, 0.3) is 0 Å². The number of carbonyl (C=O) groups is 1. The van der Waals surface area contributed by atoms with Crippen molar-refractivity contribution in [1.82, 2.24) is 9.88 Å². The highest BCUT2D eigenvalue weighted by Crippen LogP contribution is 2.02. The summed E-state index contributed by atoms with van der Waals surface area (Å²) in [6, 6.07) is 3.53. The van der Waals surface area contributed by atoms with Gasteiger partial charge in [-0.05, 0) is 19.1 Å². The molecule has 0 spiro atoms. The molecule has 0 aliphatic heterocycles. The molecule has 0 saturated heterocycles. The van der Waals surface area contributed by atoms with E-state index < -0.39 is 0 Å². The van der Waals surface area contributed by atoms with Crippen LogP contribution >= 0.6 is 12.2 Å². The van der Waals surface area contributed by atoms with Gasteiger partial charge in [-0.15, -0.1) is 0 Å². The Kier molecular flexibility index (Phi) is 3.74. The predicted octanol–water partition coefficient (Wildman–Crippen LogP) is 0.748. The Morgan fingerprint density at radius 2 is 2.27 bits per heavy atom. The molecule has 4 nitrogen and oxygen atoms in total. The smallest absolute Gasteiger partial charge is 0.255 e. The van der Waals surface area contributed by atoms with E-state index in [9.17, 15) is 4.79 Å². The van der Waals surface area contributed by atoms with Crippen molar-refractivity contribution < 1.29 is 4.79 Å². The van der Waals surface area contributed by atoms with E-state index in [4.69, 9.17) is 18.0 Å². The van der Waals surface area contributed by atoms with Crippen LogP contribution in [-0.4, -0.2) is 34.4 Å². The molecule has 2 N–H and O–H groups in total. The van der Waals surface area contributed by atoms with Crippen molar-refractivity contribution in [3.63, 3.8) is 0 Å². The van der Waals surface area contributed by atoms with Crippen LogP contribution in [0.5, 0.6) is 0 Å². The van der Waals surface area contributed by atoms with E-state index in [-0.39, 0.29) is 12.5 Å². The molecule has 1 heterocycles. The van der Waals surface area contributed by atoms with Gasteiger partial charge < -0.3 is 10.6 Å². The molecule has 0 atom stereocenters. The van der Waals surface area contributed by atoms with Crippen molar-refractivity contribution in [2.24, 2.45) is 5.73 Å². The summed E-state index contributed by atoms with van der Waals surface area (Å²) in [5, 5.41) is 0. The van der Waals surface area contributed by atoms with Crippen LogP contribution in [0.15, 0.2) is 18.3 Å². The fraction of sp³-hybridized carbons (Fsp3) is 0.300. The zero-order valence-corrected chi connectivity index (χ0v) is 9.54. The van der Waals surface area contributed by atoms with Gasteiger partial charge in [0.2, 0.25) is 0 Å². The minimum absolute atomic E-state index is 0.129. The van der Waals surface area contributed by atoms with E-state index in [0.717, 1.165) is 5.69 Å². The second kappa shape index (κ2) is 4.84. The maximum Gasteiger partial charge on any atom is 0.255 e. The highest BCUT2D eigenvalue weighted by Gasteiger charge is 2.11. The first-order valence-corrected chi connectivity index (χ1v) is 4.88. The number of hydrogen-bond donors (Lipinski definition) is 1. The minimum Gasteiger partial charge on any atom is -0.392 e. The summed E-state index contributed by atoms with van der Waals surface area (Å²) in [7, 11) is 1.65. The molecule has 15 heavy (non-hydrogen) atoms. The van der Waals surface area contributed by atoms with Crippen LogP contribution in [0, 0.1) is 6.92 Å². The van der Waals surface area contributed by atoms with Crippen molar-refractivity contribution >= 4 is 23.1 Å². The third kappa shape index (κ3) is 3.28. The lowest BCUT2D eigenvalue weighted by atomic mass is 10.2. The van der Waals surface area contributed by atoms with Crippen molar-refractivity contribution in [2.75, 3.05) is 13.6 Å². The molecular formula is C10H13N3OS. The van der Waals surface area contributed by atoms with E-state index in [1.54, 1.807) is 25.4 Å². The summed E-state index contributed by atoms with van der Waals surface area (Å²) < 4.78 is 0. The molecule has 0 unspecified atom stereocenters. The molecule has 0 aliphatic carbocycles. The van der Waals surface area contributed by atoms with Crippen molar-refractivity contribution in [2.45, 2.75) is 6.92 Å². The lowest BCUT2D eigenvalue weighted by molar-refractivity contribution is 0.0814. The van der Waals surface area contributed by atoms with Gasteiger partial charge in [-0.2, -0.15) is 0 Å². The number of hydrogen-bond acceptors (Lipinski definition) is 3. The number of nitrogens with two attached hydrogens (primary N) is 1. The number of nitrogens with zero attached hydrogens (tertiary/aromatic N) is 2. The number of likely N-dealkylation sites (N-methyl/N-ethyl adjacent to an activating group) is 1. The molecule has 0 saturated carbocycles. The monoisotopic (exact) mass is 223 g/mol. The molecule has 1 aromatic rings. The molecule has 0 bridgehead atoms. The van der Waals surface area contributed by atoms with E-state index in [0.29, 0.717) is 10.6 Å². The van der Waals surface area contributed by atoms with E-state index in [1.807, 2.05) is 6.92 Å². The lowest BCUT2D eigenvalue weighted by Gasteiger charge is -2.15. The van der Waals surface area contributed by atoms with Gasteiger partial charge in [-0.25, -0.2) is 0 Å². The summed E-state index contributed by atoms with van der Waals surface area (Å²) >= 11 is 4.73. The minimum atomic E-state index is -0.129. The highest BCUT2D eigenvalue weighted by molar-refractivity contribution is 7.80. The fourth-order valence-electron chi connectivity index (χ4n) is 1.12. The number of aromatic nitrogens is 1. The first-order chi connectivity index (χ1) is 7.00. The quantitative estimate of drug-likeness (QED) is 0.768. The van der Waals surface area contributed by atoms with Crippen molar-refractivity contribution in [1.29, 1.82) is 0 Å². The number of amides is 1. The van der Waals surface area contributed by atoms with Crippen LogP contribution in [-0.2, 0) is 0 Å².